The molecule has 0 atom stereocenters. The molecule has 3 aromatic rings. The fourth-order valence-electron chi connectivity index (χ4n) is 2.29. The van der Waals surface area contributed by atoms with Crippen molar-refractivity contribution in [1.82, 2.24) is 0 Å². The monoisotopic (exact) mass is 344 g/mol. The Bertz CT molecular complexity index is 933. The average molecular weight is 344 g/mol. The van der Waals surface area contributed by atoms with Crippen LogP contribution >= 0.6 is 0 Å². The molecule has 5 heteroatoms. The van der Waals surface area contributed by atoms with Crippen molar-refractivity contribution in [3.05, 3.63) is 84.4 Å². The van der Waals surface area contributed by atoms with Crippen LogP contribution in [0, 0.1) is 11.3 Å². The van der Waals surface area contributed by atoms with Gasteiger partial charge in [-0.3, -0.25) is 4.79 Å². The Labute approximate surface area is 151 Å². The van der Waals surface area contributed by atoms with Crippen molar-refractivity contribution in [1.29, 1.82) is 5.26 Å². The summed E-state index contributed by atoms with van der Waals surface area (Å²) in [6.45, 7) is -0.210. The topological polar surface area (TPSA) is 71.3 Å². The standard InChI is InChI=1S/C21H16N2O3/c22-14-16-8-4-6-12-19(16)25-15-21(24)23-18-11-5-7-13-20(18)26-17-9-2-1-3-10-17/h1-13H,15H2,(H,23,24). The zero-order chi connectivity index (χ0) is 18.2. The molecule has 0 radical (unpaired) electrons. The largest absolute Gasteiger partial charge is 0.482 e. The van der Waals surface area contributed by atoms with Gasteiger partial charge in [0.15, 0.2) is 12.4 Å². The minimum Gasteiger partial charge on any atom is -0.482 e. The lowest BCUT2D eigenvalue weighted by Gasteiger charge is -2.13. The molecule has 128 valence electrons. The first-order valence-corrected chi connectivity index (χ1v) is 8.00. The number of nitrogens with one attached hydrogen (secondary N) is 1. The summed E-state index contributed by atoms with van der Waals surface area (Å²) in [7, 11) is 0. The highest BCUT2D eigenvalue weighted by atomic mass is 16.5. The molecule has 0 aliphatic heterocycles. The maximum absolute atomic E-state index is 12.2. The lowest BCUT2D eigenvalue weighted by Crippen LogP contribution is -2.20. The van der Waals surface area contributed by atoms with Crippen LogP contribution in [0.25, 0.3) is 0 Å². The van der Waals surface area contributed by atoms with Gasteiger partial charge in [-0.1, -0.05) is 42.5 Å². The first-order valence-electron chi connectivity index (χ1n) is 8.00. The number of carbonyl (C=O) groups is 1. The van der Waals surface area contributed by atoms with Crippen LogP contribution in [0.4, 0.5) is 5.69 Å². The first-order chi connectivity index (χ1) is 12.8. The zero-order valence-electron chi connectivity index (χ0n) is 13.9. The maximum Gasteiger partial charge on any atom is 0.262 e. The zero-order valence-corrected chi connectivity index (χ0v) is 13.9. The summed E-state index contributed by atoms with van der Waals surface area (Å²) in [4.78, 5) is 12.2. The number of nitriles is 1. The molecule has 3 rings (SSSR count). The number of para-hydroxylation sites is 4. The van der Waals surface area contributed by atoms with E-state index >= 15 is 0 Å². The maximum atomic E-state index is 12.2. The number of carbonyl (C=O) groups excluding carboxylic acids is 1. The molecule has 0 saturated carbocycles. The van der Waals surface area contributed by atoms with Crippen LogP contribution in [-0.2, 0) is 4.79 Å². The van der Waals surface area contributed by atoms with Gasteiger partial charge in [-0.15, -0.1) is 0 Å². The van der Waals surface area contributed by atoms with Gasteiger partial charge in [-0.25, -0.2) is 0 Å². The number of rotatable bonds is 6. The summed E-state index contributed by atoms with van der Waals surface area (Å²) in [6, 6.07) is 25.3. The van der Waals surface area contributed by atoms with Gasteiger partial charge in [0, 0.05) is 0 Å². The Kier molecular flexibility index (Phi) is 5.48. The summed E-state index contributed by atoms with van der Waals surface area (Å²) >= 11 is 0. The second-order valence-corrected chi connectivity index (χ2v) is 5.36. The van der Waals surface area contributed by atoms with Crippen LogP contribution in [0.2, 0.25) is 0 Å². The summed E-state index contributed by atoms with van der Waals surface area (Å²) in [6.07, 6.45) is 0. The van der Waals surface area contributed by atoms with Gasteiger partial charge in [-0.2, -0.15) is 5.26 Å². The molecule has 3 aromatic carbocycles. The number of nitrogens with zero attached hydrogens (tertiary/aromatic N) is 1. The Balaban J connectivity index is 1.65. The summed E-state index contributed by atoms with van der Waals surface area (Å²) < 4.78 is 11.3. The molecule has 0 saturated heterocycles. The van der Waals surface area contributed by atoms with Crippen molar-refractivity contribution in [3.63, 3.8) is 0 Å². The second-order valence-electron chi connectivity index (χ2n) is 5.36. The van der Waals surface area contributed by atoms with Gasteiger partial charge < -0.3 is 14.8 Å². The first kappa shape index (κ1) is 17.1. The lowest BCUT2D eigenvalue weighted by molar-refractivity contribution is -0.118. The lowest BCUT2D eigenvalue weighted by atomic mass is 10.2. The predicted octanol–water partition coefficient (Wildman–Crippen LogP) is 4.37. The predicted molar refractivity (Wildman–Crippen MR) is 98.2 cm³/mol. The Morgan fingerprint density at radius 2 is 1.54 bits per heavy atom. The number of hydrogen-bond acceptors (Lipinski definition) is 4. The van der Waals surface area contributed by atoms with E-state index in [1.165, 1.54) is 0 Å². The van der Waals surface area contributed by atoms with Gasteiger partial charge in [0.1, 0.15) is 17.6 Å². The fourth-order valence-corrected chi connectivity index (χ4v) is 2.29. The molecule has 5 nitrogen and oxygen atoms in total. The van der Waals surface area contributed by atoms with Gasteiger partial charge in [0.25, 0.3) is 5.91 Å². The summed E-state index contributed by atoms with van der Waals surface area (Å²) in [5, 5.41) is 11.8. The van der Waals surface area contributed by atoms with Crippen molar-refractivity contribution in [2.45, 2.75) is 0 Å². The molecular weight excluding hydrogens is 328 g/mol. The average Bonchev–Trinajstić information content (AvgIpc) is 2.69. The molecule has 0 spiro atoms. The van der Waals surface area contributed by atoms with E-state index in [1.54, 1.807) is 42.5 Å². The number of ether oxygens (including phenoxy) is 2. The summed E-state index contributed by atoms with van der Waals surface area (Å²) in [5.74, 6) is 1.23. The highest BCUT2D eigenvalue weighted by molar-refractivity contribution is 5.93. The molecular formula is C21H16N2O3. The molecule has 26 heavy (non-hydrogen) atoms. The molecule has 1 N–H and O–H groups in total. The number of benzene rings is 3. The molecule has 0 aromatic heterocycles. The van der Waals surface area contributed by atoms with E-state index in [1.807, 2.05) is 42.5 Å². The normalized spacial score (nSPS) is 9.81. The SMILES string of the molecule is N#Cc1ccccc1OCC(=O)Nc1ccccc1Oc1ccccc1. The Morgan fingerprint density at radius 1 is 0.885 bits per heavy atom. The molecule has 0 aliphatic rings. The van der Waals surface area contributed by atoms with Crippen molar-refractivity contribution >= 4 is 11.6 Å². The number of hydrogen-bond donors (Lipinski definition) is 1. The van der Waals surface area contributed by atoms with Crippen molar-refractivity contribution in [2.75, 3.05) is 11.9 Å². The van der Waals surface area contributed by atoms with Gasteiger partial charge in [0.05, 0.1) is 11.3 Å². The second kappa shape index (κ2) is 8.36. The molecule has 0 heterocycles. The van der Waals surface area contributed by atoms with Crippen LogP contribution in [0.5, 0.6) is 17.2 Å². The number of amides is 1. The molecule has 1 amide bonds. The van der Waals surface area contributed by atoms with E-state index in [9.17, 15) is 4.79 Å². The minimum atomic E-state index is -0.346. The minimum absolute atomic E-state index is 0.210. The van der Waals surface area contributed by atoms with E-state index < -0.39 is 0 Å². The quantitative estimate of drug-likeness (QED) is 0.721. The van der Waals surface area contributed by atoms with E-state index in [0.29, 0.717) is 28.5 Å². The van der Waals surface area contributed by atoms with Crippen molar-refractivity contribution in [3.8, 4) is 23.3 Å². The van der Waals surface area contributed by atoms with E-state index in [4.69, 9.17) is 14.7 Å². The van der Waals surface area contributed by atoms with Crippen LogP contribution in [0.3, 0.4) is 0 Å². The number of anilines is 1. The Morgan fingerprint density at radius 3 is 2.31 bits per heavy atom. The third kappa shape index (κ3) is 4.40. The van der Waals surface area contributed by atoms with Crippen LogP contribution in [0.1, 0.15) is 5.56 Å². The van der Waals surface area contributed by atoms with Crippen LogP contribution in [-0.4, -0.2) is 12.5 Å². The molecule has 0 aliphatic carbocycles. The van der Waals surface area contributed by atoms with Crippen LogP contribution < -0.4 is 14.8 Å². The van der Waals surface area contributed by atoms with Crippen molar-refractivity contribution < 1.29 is 14.3 Å². The van der Waals surface area contributed by atoms with Crippen LogP contribution in [0.15, 0.2) is 78.9 Å². The van der Waals surface area contributed by atoms with E-state index in [0.717, 1.165) is 0 Å². The third-order valence-electron chi connectivity index (χ3n) is 3.50. The van der Waals surface area contributed by atoms with Gasteiger partial charge in [-0.05, 0) is 36.4 Å². The fraction of sp³-hybridized carbons (Fsp3) is 0.0476. The van der Waals surface area contributed by atoms with Gasteiger partial charge in [0.2, 0.25) is 0 Å². The highest BCUT2D eigenvalue weighted by Gasteiger charge is 2.10. The van der Waals surface area contributed by atoms with Gasteiger partial charge >= 0.3 is 0 Å². The summed E-state index contributed by atoms with van der Waals surface area (Å²) in [5.41, 5.74) is 0.923. The molecule has 0 bridgehead atoms. The molecule has 0 unspecified atom stereocenters. The Hall–Kier alpha value is -3.78. The van der Waals surface area contributed by atoms with E-state index in [-0.39, 0.29) is 12.5 Å². The highest BCUT2D eigenvalue weighted by Crippen LogP contribution is 2.29. The van der Waals surface area contributed by atoms with E-state index in [2.05, 4.69) is 5.32 Å². The smallest absolute Gasteiger partial charge is 0.262 e. The molecule has 0 fully saturated rings. The third-order valence-corrected chi connectivity index (χ3v) is 3.50. The van der Waals surface area contributed by atoms with Crippen molar-refractivity contribution in [2.24, 2.45) is 0 Å².